The predicted octanol–water partition coefficient (Wildman–Crippen LogP) is 3.89. The molecule has 11 heteroatoms. The summed E-state index contributed by atoms with van der Waals surface area (Å²) in [7, 11) is -1.51. The van der Waals surface area contributed by atoms with E-state index < -0.39 is 28.4 Å². The molecule has 4 rings (SSSR count). The number of ether oxygens (including phenoxy) is 1. The van der Waals surface area contributed by atoms with Crippen molar-refractivity contribution in [3.63, 3.8) is 0 Å². The molecule has 35 heavy (non-hydrogen) atoms. The first kappa shape index (κ1) is 25.2. The molecule has 0 bridgehead atoms. The molecular weight excluding hydrogens is 478 g/mol. The molecule has 1 atom stereocenters. The SMILES string of the molecule is COc1nc2nc(C)nc(N[C@H](C)c3cccc(C(F)(F)CO)c3)c2cc1C1CCS(=O)(=O)CC1. The van der Waals surface area contributed by atoms with Gasteiger partial charge in [0, 0.05) is 17.2 Å². The van der Waals surface area contributed by atoms with E-state index in [1.54, 1.807) is 13.0 Å². The molecule has 2 N–H and O–H groups in total. The van der Waals surface area contributed by atoms with Crippen LogP contribution in [-0.4, -0.2) is 53.7 Å². The van der Waals surface area contributed by atoms with E-state index in [1.807, 2.05) is 13.0 Å². The highest BCUT2D eigenvalue weighted by molar-refractivity contribution is 7.91. The first-order chi connectivity index (χ1) is 16.5. The van der Waals surface area contributed by atoms with Gasteiger partial charge in [0.05, 0.1) is 24.0 Å². The van der Waals surface area contributed by atoms with Gasteiger partial charge in [-0.2, -0.15) is 13.8 Å². The number of benzene rings is 1. The van der Waals surface area contributed by atoms with Crippen molar-refractivity contribution in [2.75, 3.05) is 30.5 Å². The van der Waals surface area contributed by atoms with Crippen molar-refractivity contribution in [1.82, 2.24) is 15.0 Å². The van der Waals surface area contributed by atoms with Gasteiger partial charge in [0.15, 0.2) is 5.65 Å². The first-order valence-corrected chi connectivity index (χ1v) is 13.1. The molecule has 1 aliphatic heterocycles. The van der Waals surface area contributed by atoms with Gasteiger partial charge in [0.2, 0.25) is 5.88 Å². The van der Waals surface area contributed by atoms with Crippen LogP contribution >= 0.6 is 0 Å². The van der Waals surface area contributed by atoms with Crippen molar-refractivity contribution in [2.24, 2.45) is 0 Å². The van der Waals surface area contributed by atoms with Crippen LogP contribution in [0.2, 0.25) is 0 Å². The molecule has 2 aromatic heterocycles. The van der Waals surface area contributed by atoms with Gasteiger partial charge in [0.25, 0.3) is 5.92 Å². The summed E-state index contributed by atoms with van der Waals surface area (Å²) in [6.07, 6.45) is 0.952. The standard InChI is InChI=1S/C24H28F2N4O4S/c1-14(17-5-4-6-18(11-17)24(25,26)13-31)27-21-20-12-19(16-7-9-35(32,33)10-8-16)23(34-3)30-22(20)29-15(2)28-21/h4-6,11-12,14,16,31H,7-10,13H2,1-3H3,(H,27,28,29,30)/t14-/m1/s1. The largest absolute Gasteiger partial charge is 0.481 e. The highest BCUT2D eigenvalue weighted by Crippen LogP contribution is 2.37. The van der Waals surface area contributed by atoms with Gasteiger partial charge < -0.3 is 15.2 Å². The highest BCUT2D eigenvalue weighted by Gasteiger charge is 2.31. The fraction of sp³-hybridized carbons (Fsp3) is 0.458. The zero-order valence-corrected chi connectivity index (χ0v) is 20.6. The van der Waals surface area contributed by atoms with Gasteiger partial charge in [0.1, 0.15) is 28.1 Å². The summed E-state index contributed by atoms with van der Waals surface area (Å²) in [5.41, 5.74) is 1.54. The molecule has 0 aliphatic carbocycles. The third kappa shape index (κ3) is 5.35. The summed E-state index contributed by atoms with van der Waals surface area (Å²) in [6.45, 7) is 2.28. The molecule has 0 amide bonds. The molecule has 0 radical (unpaired) electrons. The smallest absolute Gasteiger partial charge is 0.295 e. The average molecular weight is 507 g/mol. The van der Waals surface area contributed by atoms with Gasteiger partial charge in [-0.15, -0.1) is 0 Å². The number of sulfone groups is 1. The van der Waals surface area contributed by atoms with E-state index in [2.05, 4.69) is 20.3 Å². The Morgan fingerprint density at radius 2 is 1.91 bits per heavy atom. The van der Waals surface area contributed by atoms with E-state index in [0.717, 1.165) is 5.56 Å². The van der Waals surface area contributed by atoms with E-state index in [9.17, 15) is 17.2 Å². The Morgan fingerprint density at radius 3 is 2.57 bits per heavy atom. The molecule has 1 aliphatic rings. The number of anilines is 1. The number of hydrogen-bond donors (Lipinski definition) is 2. The number of aromatic nitrogens is 3. The summed E-state index contributed by atoms with van der Waals surface area (Å²) in [5.74, 6) is -1.79. The second-order valence-electron chi connectivity index (χ2n) is 8.86. The van der Waals surface area contributed by atoms with Gasteiger partial charge in [-0.3, -0.25) is 0 Å². The predicted molar refractivity (Wildman–Crippen MR) is 129 cm³/mol. The number of nitrogens with one attached hydrogen (secondary N) is 1. The Bertz CT molecular complexity index is 1340. The number of hydrogen-bond acceptors (Lipinski definition) is 8. The van der Waals surface area contributed by atoms with Crippen LogP contribution < -0.4 is 10.1 Å². The minimum atomic E-state index is -3.34. The molecule has 0 saturated carbocycles. The molecular formula is C24H28F2N4O4S. The molecule has 1 fully saturated rings. The highest BCUT2D eigenvalue weighted by atomic mass is 32.2. The second kappa shape index (κ2) is 9.62. The summed E-state index contributed by atoms with van der Waals surface area (Å²) in [5, 5.41) is 12.9. The maximum atomic E-state index is 14.0. The minimum absolute atomic E-state index is 0.0330. The van der Waals surface area contributed by atoms with E-state index in [4.69, 9.17) is 9.84 Å². The lowest BCUT2D eigenvalue weighted by molar-refractivity contribution is -0.0556. The molecule has 188 valence electrons. The van der Waals surface area contributed by atoms with Gasteiger partial charge >= 0.3 is 0 Å². The van der Waals surface area contributed by atoms with E-state index in [1.165, 1.54) is 25.3 Å². The third-order valence-electron chi connectivity index (χ3n) is 6.34. The number of alkyl halides is 2. The number of aryl methyl sites for hydroxylation is 1. The second-order valence-corrected chi connectivity index (χ2v) is 11.2. The molecule has 8 nitrogen and oxygen atoms in total. The number of halogens is 2. The summed E-state index contributed by atoms with van der Waals surface area (Å²) < 4.78 is 57.3. The van der Waals surface area contributed by atoms with Crippen molar-refractivity contribution < 1.29 is 27.0 Å². The fourth-order valence-corrected chi connectivity index (χ4v) is 5.84. The minimum Gasteiger partial charge on any atom is -0.481 e. The molecule has 0 spiro atoms. The van der Waals surface area contributed by atoms with Crippen LogP contribution in [0.1, 0.15) is 54.2 Å². The summed E-state index contributed by atoms with van der Waals surface area (Å²) in [4.78, 5) is 13.5. The van der Waals surface area contributed by atoms with Crippen LogP contribution in [0, 0.1) is 6.92 Å². The Kier molecular flexibility index (Phi) is 6.92. The molecule has 0 unspecified atom stereocenters. The van der Waals surface area contributed by atoms with Crippen molar-refractivity contribution in [3.8, 4) is 5.88 Å². The Morgan fingerprint density at radius 1 is 1.20 bits per heavy atom. The van der Waals surface area contributed by atoms with Crippen LogP contribution in [0.5, 0.6) is 5.88 Å². The Balaban J connectivity index is 1.72. The van der Waals surface area contributed by atoms with Gasteiger partial charge in [-0.05, 0) is 50.3 Å². The van der Waals surface area contributed by atoms with Gasteiger partial charge in [-0.1, -0.05) is 18.2 Å². The van der Waals surface area contributed by atoms with Crippen LogP contribution in [0.3, 0.4) is 0 Å². The monoisotopic (exact) mass is 506 g/mol. The first-order valence-electron chi connectivity index (χ1n) is 11.3. The summed E-state index contributed by atoms with van der Waals surface area (Å²) in [6, 6.07) is 7.38. The van der Waals surface area contributed by atoms with Crippen LogP contribution in [-0.2, 0) is 15.8 Å². The Labute approximate surface area is 202 Å². The lowest BCUT2D eigenvalue weighted by Crippen LogP contribution is -2.22. The lowest BCUT2D eigenvalue weighted by atomic mass is 9.93. The van der Waals surface area contributed by atoms with Crippen molar-refractivity contribution in [3.05, 3.63) is 52.8 Å². The van der Waals surface area contributed by atoms with Crippen molar-refractivity contribution >= 4 is 26.7 Å². The number of aliphatic hydroxyl groups excluding tert-OH is 1. The lowest BCUT2D eigenvalue weighted by Gasteiger charge is -2.24. The molecule has 1 saturated heterocycles. The van der Waals surface area contributed by atoms with Crippen LogP contribution in [0.15, 0.2) is 30.3 Å². The average Bonchev–Trinajstić information content (AvgIpc) is 2.83. The summed E-state index contributed by atoms with van der Waals surface area (Å²) >= 11 is 0. The number of fused-ring (bicyclic) bond motifs is 1. The quantitative estimate of drug-likeness (QED) is 0.496. The van der Waals surface area contributed by atoms with Crippen LogP contribution in [0.4, 0.5) is 14.6 Å². The maximum Gasteiger partial charge on any atom is 0.295 e. The molecule has 3 aromatic rings. The molecule has 3 heterocycles. The van der Waals surface area contributed by atoms with E-state index in [0.29, 0.717) is 47.0 Å². The number of rotatable bonds is 7. The topological polar surface area (TPSA) is 114 Å². The third-order valence-corrected chi connectivity index (χ3v) is 8.06. The number of methoxy groups -OCH3 is 1. The maximum absolute atomic E-state index is 14.0. The van der Waals surface area contributed by atoms with E-state index >= 15 is 0 Å². The number of pyridine rings is 1. The van der Waals surface area contributed by atoms with Gasteiger partial charge in [-0.25, -0.2) is 18.4 Å². The normalized spacial score (nSPS) is 17.3. The van der Waals surface area contributed by atoms with Crippen molar-refractivity contribution in [1.29, 1.82) is 0 Å². The number of nitrogens with zero attached hydrogens (tertiary/aromatic N) is 3. The van der Waals surface area contributed by atoms with Crippen LogP contribution in [0.25, 0.3) is 11.0 Å². The number of aliphatic hydroxyl groups is 1. The molecule has 1 aromatic carbocycles. The fourth-order valence-electron chi connectivity index (χ4n) is 4.34. The van der Waals surface area contributed by atoms with E-state index in [-0.39, 0.29) is 23.0 Å². The zero-order chi connectivity index (χ0) is 25.4. The zero-order valence-electron chi connectivity index (χ0n) is 19.8. The van der Waals surface area contributed by atoms with Crippen molar-refractivity contribution in [2.45, 2.75) is 44.6 Å². The Hall–Kier alpha value is -2.92.